The van der Waals surface area contributed by atoms with E-state index in [2.05, 4.69) is 15.2 Å². The molecule has 2 aromatic rings. The molecule has 0 radical (unpaired) electrons. The molecule has 0 unspecified atom stereocenters. The molecule has 1 fully saturated rings. The van der Waals surface area contributed by atoms with Gasteiger partial charge in [-0.3, -0.25) is 4.79 Å². The van der Waals surface area contributed by atoms with Gasteiger partial charge < -0.3 is 10.2 Å². The topological polar surface area (TPSA) is 105 Å². The van der Waals surface area contributed by atoms with Gasteiger partial charge in [-0.25, -0.2) is 18.5 Å². The van der Waals surface area contributed by atoms with Crippen molar-refractivity contribution in [1.29, 1.82) is 0 Å². The Hall–Kier alpha value is -2.45. The second-order valence-corrected chi connectivity index (χ2v) is 7.96. The molecule has 26 heavy (non-hydrogen) atoms. The van der Waals surface area contributed by atoms with Crippen molar-refractivity contribution in [1.82, 2.24) is 4.98 Å². The van der Waals surface area contributed by atoms with Crippen LogP contribution in [0.1, 0.15) is 35.2 Å². The summed E-state index contributed by atoms with van der Waals surface area (Å²) in [5, 5.41) is 7.92. The zero-order valence-electron chi connectivity index (χ0n) is 14.6. The minimum absolute atomic E-state index is 0.0468. The number of nitrogens with one attached hydrogen (secondary N) is 1. The van der Waals surface area contributed by atoms with Crippen LogP contribution in [0, 0.1) is 6.92 Å². The number of carbonyl (C=O) groups is 1. The summed E-state index contributed by atoms with van der Waals surface area (Å²) < 4.78 is 23.0. The highest BCUT2D eigenvalue weighted by molar-refractivity contribution is 7.89. The van der Waals surface area contributed by atoms with Crippen LogP contribution in [-0.4, -0.2) is 32.4 Å². The average Bonchev–Trinajstić information content (AvgIpc) is 2.61. The number of nitrogens with zero attached hydrogens (tertiary/aromatic N) is 2. The number of aryl methyl sites for hydroxylation is 1. The predicted octanol–water partition coefficient (Wildman–Crippen LogP) is 2.28. The number of hydrogen-bond donors (Lipinski definition) is 2. The van der Waals surface area contributed by atoms with Crippen LogP contribution in [-0.2, 0) is 10.0 Å². The summed E-state index contributed by atoms with van der Waals surface area (Å²) >= 11 is 0. The highest BCUT2D eigenvalue weighted by Gasteiger charge is 2.22. The number of piperidine rings is 1. The fraction of sp³-hybridized carbons (Fsp3) is 0.333. The summed E-state index contributed by atoms with van der Waals surface area (Å²) in [6.45, 7) is 3.61. The van der Waals surface area contributed by atoms with Crippen LogP contribution in [0.4, 0.5) is 11.5 Å². The number of anilines is 2. The van der Waals surface area contributed by atoms with E-state index in [0.29, 0.717) is 17.1 Å². The molecule has 138 valence electrons. The molecule has 8 heteroatoms. The van der Waals surface area contributed by atoms with Gasteiger partial charge in [0, 0.05) is 25.0 Å². The van der Waals surface area contributed by atoms with Gasteiger partial charge in [-0.15, -0.1) is 0 Å². The van der Waals surface area contributed by atoms with E-state index in [-0.39, 0.29) is 10.8 Å². The molecule has 1 aromatic carbocycles. The standard InChI is InChI=1S/C18H22N4O3S/c1-13-8-9-20-17(22-10-3-2-4-11-22)16(13)18(23)21-14-6-5-7-15(12-14)26(19,24)25/h5-9,12H,2-4,10-11H2,1H3,(H,21,23)(H2,19,24,25). The van der Waals surface area contributed by atoms with Crippen molar-refractivity contribution >= 4 is 27.4 Å². The molecule has 1 aliphatic heterocycles. The first-order valence-electron chi connectivity index (χ1n) is 8.51. The maximum atomic E-state index is 12.9. The van der Waals surface area contributed by atoms with E-state index in [1.165, 1.54) is 24.6 Å². The van der Waals surface area contributed by atoms with E-state index in [1.54, 1.807) is 18.3 Å². The molecule has 3 N–H and O–H groups in total. The SMILES string of the molecule is Cc1ccnc(N2CCCCC2)c1C(=O)Nc1cccc(S(N)(=O)=O)c1. The van der Waals surface area contributed by atoms with Gasteiger partial charge in [0.05, 0.1) is 10.5 Å². The van der Waals surface area contributed by atoms with Crippen molar-refractivity contribution in [2.45, 2.75) is 31.1 Å². The third-order valence-electron chi connectivity index (χ3n) is 4.44. The highest BCUT2D eigenvalue weighted by atomic mass is 32.2. The fourth-order valence-electron chi connectivity index (χ4n) is 3.11. The number of amides is 1. The van der Waals surface area contributed by atoms with Crippen molar-refractivity contribution < 1.29 is 13.2 Å². The van der Waals surface area contributed by atoms with Crippen molar-refractivity contribution in [3.05, 3.63) is 47.7 Å². The van der Waals surface area contributed by atoms with Crippen LogP contribution in [0.5, 0.6) is 0 Å². The lowest BCUT2D eigenvalue weighted by Crippen LogP contribution is -2.32. The summed E-state index contributed by atoms with van der Waals surface area (Å²) in [5.41, 5.74) is 1.70. The molecular weight excluding hydrogens is 352 g/mol. The predicted molar refractivity (Wildman–Crippen MR) is 101 cm³/mol. The molecule has 1 aromatic heterocycles. The molecule has 0 atom stereocenters. The number of pyridine rings is 1. The second-order valence-electron chi connectivity index (χ2n) is 6.40. The Bertz CT molecular complexity index is 922. The van der Waals surface area contributed by atoms with E-state index in [1.807, 2.05) is 6.92 Å². The fourth-order valence-corrected chi connectivity index (χ4v) is 3.67. The lowest BCUT2D eigenvalue weighted by atomic mass is 10.1. The van der Waals surface area contributed by atoms with Crippen LogP contribution >= 0.6 is 0 Å². The van der Waals surface area contributed by atoms with Gasteiger partial charge in [-0.05, 0) is 56.0 Å². The maximum Gasteiger partial charge on any atom is 0.259 e. The van der Waals surface area contributed by atoms with Gasteiger partial charge in [0.1, 0.15) is 5.82 Å². The number of rotatable bonds is 4. The minimum Gasteiger partial charge on any atom is -0.356 e. The number of primary sulfonamides is 1. The molecule has 0 spiro atoms. The minimum atomic E-state index is -3.83. The molecule has 0 aliphatic carbocycles. The summed E-state index contributed by atoms with van der Waals surface area (Å²) in [6, 6.07) is 7.69. The van der Waals surface area contributed by atoms with Crippen LogP contribution in [0.2, 0.25) is 0 Å². The first-order chi connectivity index (χ1) is 12.4. The first kappa shape index (κ1) is 18.3. The Balaban J connectivity index is 1.91. The largest absolute Gasteiger partial charge is 0.356 e. The van der Waals surface area contributed by atoms with Crippen molar-refractivity contribution in [2.24, 2.45) is 5.14 Å². The Labute approximate surface area is 153 Å². The number of benzene rings is 1. The summed E-state index contributed by atoms with van der Waals surface area (Å²) in [5.74, 6) is 0.354. The highest BCUT2D eigenvalue weighted by Crippen LogP contribution is 2.25. The van der Waals surface area contributed by atoms with Crippen molar-refractivity contribution in [2.75, 3.05) is 23.3 Å². The van der Waals surface area contributed by atoms with E-state index >= 15 is 0 Å². The number of sulfonamides is 1. The van der Waals surface area contributed by atoms with Crippen molar-refractivity contribution in [3.63, 3.8) is 0 Å². The summed E-state index contributed by atoms with van der Waals surface area (Å²) in [6.07, 6.45) is 5.04. The monoisotopic (exact) mass is 374 g/mol. The van der Waals surface area contributed by atoms with Crippen molar-refractivity contribution in [3.8, 4) is 0 Å². The van der Waals surface area contributed by atoms with Crippen LogP contribution in [0.15, 0.2) is 41.4 Å². The number of aromatic nitrogens is 1. The third-order valence-corrected chi connectivity index (χ3v) is 5.35. The van der Waals surface area contributed by atoms with Gasteiger partial charge in [0.15, 0.2) is 0 Å². The number of nitrogens with two attached hydrogens (primary N) is 1. The van der Waals surface area contributed by atoms with Gasteiger partial charge in [0.25, 0.3) is 5.91 Å². The molecule has 3 rings (SSSR count). The summed E-state index contributed by atoms with van der Waals surface area (Å²) in [4.78, 5) is 19.4. The molecule has 0 saturated carbocycles. The van der Waals surface area contributed by atoms with Gasteiger partial charge >= 0.3 is 0 Å². The van der Waals surface area contributed by atoms with E-state index in [0.717, 1.165) is 31.5 Å². The Morgan fingerprint density at radius 3 is 2.62 bits per heavy atom. The lowest BCUT2D eigenvalue weighted by Gasteiger charge is -2.29. The molecule has 0 bridgehead atoms. The van der Waals surface area contributed by atoms with Crippen LogP contribution in [0.25, 0.3) is 0 Å². The normalized spacial score (nSPS) is 14.9. The van der Waals surface area contributed by atoms with Crippen LogP contribution < -0.4 is 15.4 Å². The van der Waals surface area contributed by atoms with E-state index in [9.17, 15) is 13.2 Å². The molecule has 1 saturated heterocycles. The maximum absolute atomic E-state index is 12.9. The van der Waals surface area contributed by atoms with Gasteiger partial charge in [-0.1, -0.05) is 6.07 Å². The molecule has 2 heterocycles. The Morgan fingerprint density at radius 1 is 1.19 bits per heavy atom. The molecular formula is C18H22N4O3S. The second kappa shape index (κ2) is 7.43. The lowest BCUT2D eigenvalue weighted by molar-refractivity contribution is 0.102. The third kappa shape index (κ3) is 4.03. The summed E-state index contributed by atoms with van der Waals surface area (Å²) in [7, 11) is -3.83. The van der Waals surface area contributed by atoms with E-state index < -0.39 is 10.0 Å². The number of hydrogen-bond acceptors (Lipinski definition) is 5. The van der Waals surface area contributed by atoms with Gasteiger partial charge in [-0.2, -0.15) is 0 Å². The smallest absolute Gasteiger partial charge is 0.259 e. The van der Waals surface area contributed by atoms with Gasteiger partial charge in [0.2, 0.25) is 10.0 Å². The zero-order chi connectivity index (χ0) is 18.7. The molecule has 1 aliphatic rings. The molecule has 7 nitrogen and oxygen atoms in total. The Morgan fingerprint density at radius 2 is 1.92 bits per heavy atom. The average molecular weight is 374 g/mol. The Kier molecular flexibility index (Phi) is 5.24. The van der Waals surface area contributed by atoms with E-state index in [4.69, 9.17) is 5.14 Å². The molecule has 1 amide bonds. The first-order valence-corrected chi connectivity index (χ1v) is 10.1. The number of carbonyl (C=O) groups excluding carboxylic acids is 1. The quantitative estimate of drug-likeness (QED) is 0.854. The van der Waals surface area contributed by atoms with Crippen LogP contribution in [0.3, 0.4) is 0 Å². The zero-order valence-corrected chi connectivity index (χ0v) is 15.4.